The quantitative estimate of drug-likeness (QED) is 0.479. The zero-order chi connectivity index (χ0) is 16.9. The first-order chi connectivity index (χ1) is 11.7. The van der Waals surface area contributed by atoms with E-state index in [1.54, 1.807) is 55.5 Å². The Morgan fingerprint density at radius 3 is 2.50 bits per heavy atom. The molecule has 2 aromatic rings. The molecule has 0 N–H and O–H groups in total. The first-order valence-corrected chi connectivity index (χ1v) is 7.56. The minimum Gasteiger partial charge on any atom is -0.462 e. The van der Waals surface area contributed by atoms with E-state index in [-0.39, 0.29) is 18.5 Å². The van der Waals surface area contributed by atoms with Gasteiger partial charge in [-0.3, -0.25) is 4.79 Å². The van der Waals surface area contributed by atoms with E-state index in [2.05, 4.69) is 0 Å². The smallest absolute Gasteiger partial charge is 0.338 e. The standard InChI is InChI=1S/C19H16O5/c1-2-22-19(21)14-6-3-13(4-7-14)5-9-16(20)15-8-10-17-18(11-15)24-12-23-17/h3-11H,2,12H2,1H3. The summed E-state index contributed by atoms with van der Waals surface area (Å²) in [5, 5.41) is 0. The van der Waals surface area contributed by atoms with Crippen molar-refractivity contribution in [3.8, 4) is 11.5 Å². The van der Waals surface area contributed by atoms with Crippen LogP contribution in [-0.4, -0.2) is 25.2 Å². The molecule has 0 saturated carbocycles. The lowest BCUT2D eigenvalue weighted by atomic mass is 10.1. The summed E-state index contributed by atoms with van der Waals surface area (Å²) in [4.78, 5) is 23.8. The minimum absolute atomic E-state index is 0.136. The van der Waals surface area contributed by atoms with Gasteiger partial charge in [0.25, 0.3) is 0 Å². The number of rotatable bonds is 5. The minimum atomic E-state index is -0.357. The highest BCUT2D eigenvalue weighted by Crippen LogP contribution is 2.32. The van der Waals surface area contributed by atoms with Crippen molar-refractivity contribution in [2.24, 2.45) is 0 Å². The average molecular weight is 324 g/mol. The molecule has 1 heterocycles. The Balaban J connectivity index is 1.69. The van der Waals surface area contributed by atoms with Crippen molar-refractivity contribution >= 4 is 17.8 Å². The van der Waals surface area contributed by atoms with Crippen molar-refractivity contribution in [1.29, 1.82) is 0 Å². The van der Waals surface area contributed by atoms with Gasteiger partial charge in [-0.25, -0.2) is 4.79 Å². The van der Waals surface area contributed by atoms with Crippen molar-refractivity contribution in [2.75, 3.05) is 13.4 Å². The number of fused-ring (bicyclic) bond motifs is 1. The highest BCUT2D eigenvalue weighted by Gasteiger charge is 2.15. The molecule has 5 nitrogen and oxygen atoms in total. The number of allylic oxidation sites excluding steroid dienone is 1. The molecule has 0 aromatic heterocycles. The van der Waals surface area contributed by atoms with Crippen molar-refractivity contribution < 1.29 is 23.8 Å². The fourth-order valence-electron chi connectivity index (χ4n) is 2.26. The van der Waals surface area contributed by atoms with Gasteiger partial charge in [-0.1, -0.05) is 18.2 Å². The maximum atomic E-state index is 12.2. The molecule has 0 radical (unpaired) electrons. The van der Waals surface area contributed by atoms with Crippen molar-refractivity contribution in [3.05, 3.63) is 65.2 Å². The van der Waals surface area contributed by atoms with E-state index in [9.17, 15) is 9.59 Å². The first-order valence-electron chi connectivity index (χ1n) is 7.56. The second kappa shape index (κ2) is 7.00. The summed E-state index contributed by atoms with van der Waals surface area (Å²) in [5.41, 5.74) is 1.83. The highest BCUT2D eigenvalue weighted by atomic mass is 16.7. The van der Waals surface area contributed by atoms with Crippen LogP contribution in [0.3, 0.4) is 0 Å². The van der Waals surface area contributed by atoms with Crippen LogP contribution < -0.4 is 9.47 Å². The second-order valence-corrected chi connectivity index (χ2v) is 5.11. The molecular weight excluding hydrogens is 308 g/mol. The van der Waals surface area contributed by atoms with E-state index in [1.807, 2.05) is 0 Å². The van der Waals surface area contributed by atoms with E-state index in [1.165, 1.54) is 6.08 Å². The zero-order valence-corrected chi connectivity index (χ0v) is 13.2. The third-order valence-electron chi connectivity index (χ3n) is 3.51. The average Bonchev–Trinajstić information content (AvgIpc) is 3.08. The molecule has 0 saturated heterocycles. The predicted molar refractivity (Wildman–Crippen MR) is 88.3 cm³/mol. The molecule has 0 unspecified atom stereocenters. The lowest BCUT2D eigenvalue weighted by molar-refractivity contribution is 0.0526. The maximum Gasteiger partial charge on any atom is 0.338 e. The monoisotopic (exact) mass is 324 g/mol. The van der Waals surface area contributed by atoms with Crippen molar-refractivity contribution in [1.82, 2.24) is 0 Å². The summed E-state index contributed by atoms with van der Waals surface area (Å²) < 4.78 is 15.4. The predicted octanol–water partition coefficient (Wildman–Crippen LogP) is 3.49. The van der Waals surface area contributed by atoms with Gasteiger partial charge in [-0.2, -0.15) is 0 Å². The van der Waals surface area contributed by atoms with Crippen LogP contribution in [0.4, 0.5) is 0 Å². The molecule has 0 aliphatic carbocycles. The van der Waals surface area contributed by atoms with Crippen LogP contribution in [-0.2, 0) is 4.74 Å². The van der Waals surface area contributed by atoms with Crippen LogP contribution >= 0.6 is 0 Å². The Morgan fingerprint density at radius 1 is 1.04 bits per heavy atom. The molecule has 24 heavy (non-hydrogen) atoms. The number of hydrogen-bond donors (Lipinski definition) is 0. The fraction of sp³-hybridized carbons (Fsp3) is 0.158. The molecule has 0 amide bonds. The molecule has 1 aliphatic rings. The summed E-state index contributed by atoms with van der Waals surface area (Å²) in [5.74, 6) is 0.727. The third-order valence-corrected chi connectivity index (χ3v) is 3.51. The Bertz CT molecular complexity index is 790. The number of esters is 1. The molecule has 0 spiro atoms. The number of ether oxygens (including phenoxy) is 3. The summed E-state index contributed by atoms with van der Waals surface area (Å²) in [6.45, 7) is 2.27. The molecule has 1 aliphatic heterocycles. The van der Waals surface area contributed by atoms with Crippen LogP contribution in [0.1, 0.15) is 33.2 Å². The lowest BCUT2D eigenvalue weighted by Crippen LogP contribution is -2.04. The molecule has 122 valence electrons. The highest BCUT2D eigenvalue weighted by molar-refractivity contribution is 6.07. The Kier molecular flexibility index (Phi) is 4.61. The van der Waals surface area contributed by atoms with Gasteiger partial charge >= 0.3 is 5.97 Å². The molecule has 3 rings (SSSR count). The topological polar surface area (TPSA) is 61.8 Å². The fourth-order valence-corrected chi connectivity index (χ4v) is 2.26. The summed E-state index contributed by atoms with van der Waals surface area (Å²) >= 11 is 0. The van der Waals surface area contributed by atoms with Gasteiger partial charge in [0.1, 0.15) is 0 Å². The normalized spacial score (nSPS) is 12.4. The van der Waals surface area contributed by atoms with Gasteiger partial charge in [0, 0.05) is 5.56 Å². The molecular formula is C19H16O5. The molecule has 5 heteroatoms. The molecule has 0 bridgehead atoms. The summed E-state index contributed by atoms with van der Waals surface area (Å²) in [6, 6.07) is 11.9. The van der Waals surface area contributed by atoms with Gasteiger partial charge in [-0.15, -0.1) is 0 Å². The summed E-state index contributed by atoms with van der Waals surface area (Å²) in [7, 11) is 0. The molecule has 0 fully saturated rings. The second-order valence-electron chi connectivity index (χ2n) is 5.11. The Morgan fingerprint density at radius 2 is 1.75 bits per heavy atom. The van der Waals surface area contributed by atoms with E-state index in [0.717, 1.165) is 5.56 Å². The third kappa shape index (κ3) is 3.46. The lowest BCUT2D eigenvalue weighted by Gasteiger charge is -2.02. The van der Waals surface area contributed by atoms with Gasteiger partial charge in [0.15, 0.2) is 17.3 Å². The number of carbonyl (C=O) groups is 2. The van der Waals surface area contributed by atoms with Crippen molar-refractivity contribution in [2.45, 2.75) is 6.92 Å². The van der Waals surface area contributed by atoms with Crippen LogP contribution in [0.5, 0.6) is 11.5 Å². The Hall–Kier alpha value is -3.08. The Labute approximate surface area is 139 Å². The largest absolute Gasteiger partial charge is 0.462 e. The maximum absolute atomic E-state index is 12.2. The van der Waals surface area contributed by atoms with Crippen LogP contribution in [0, 0.1) is 0 Å². The van der Waals surface area contributed by atoms with E-state index >= 15 is 0 Å². The SMILES string of the molecule is CCOC(=O)c1ccc(C=CC(=O)c2ccc3c(c2)OCO3)cc1. The number of ketones is 1. The van der Waals surface area contributed by atoms with Gasteiger partial charge in [0.05, 0.1) is 12.2 Å². The number of carbonyl (C=O) groups excluding carboxylic acids is 2. The first kappa shape index (κ1) is 15.8. The molecule has 0 atom stereocenters. The van der Waals surface area contributed by atoms with Crippen LogP contribution in [0.25, 0.3) is 6.08 Å². The van der Waals surface area contributed by atoms with E-state index < -0.39 is 0 Å². The van der Waals surface area contributed by atoms with Gasteiger partial charge in [0.2, 0.25) is 6.79 Å². The molecule has 2 aromatic carbocycles. The van der Waals surface area contributed by atoms with Crippen LogP contribution in [0.15, 0.2) is 48.5 Å². The van der Waals surface area contributed by atoms with Gasteiger partial charge < -0.3 is 14.2 Å². The summed E-state index contributed by atoms with van der Waals surface area (Å²) in [6.07, 6.45) is 3.18. The number of benzene rings is 2. The van der Waals surface area contributed by atoms with E-state index in [0.29, 0.717) is 29.2 Å². The van der Waals surface area contributed by atoms with Gasteiger partial charge in [-0.05, 0) is 48.9 Å². The zero-order valence-electron chi connectivity index (χ0n) is 13.2. The number of hydrogen-bond acceptors (Lipinski definition) is 5. The van der Waals surface area contributed by atoms with Crippen LogP contribution in [0.2, 0.25) is 0 Å². The van der Waals surface area contributed by atoms with E-state index in [4.69, 9.17) is 14.2 Å². The van der Waals surface area contributed by atoms with Crippen molar-refractivity contribution in [3.63, 3.8) is 0 Å².